The molecule has 0 aliphatic heterocycles. The van der Waals surface area contributed by atoms with Gasteiger partial charge in [-0.2, -0.15) is 0 Å². The summed E-state index contributed by atoms with van der Waals surface area (Å²) in [7, 11) is 1.65. The van der Waals surface area contributed by atoms with Crippen LogP contribution in [0.2, 0.25) is 0 Å². The number of hydrogen-bond acceptors (Lipinski definition) is 2. The second-order valence-corrected chi connectivity index (χ2v) is 5.61. The van der Waals surface area contributed by atoms with Crippen molar-refractivity contribution >= 4 is 23.0 Å². The molecule has 0 spiro atoms. The lowest BCUT2D eigenvalue weighted by Crippen LogP contribution is -2.32. The Labute approximate surface area is 137 Å². The Hall–Kier alpha value is -2.07. The van der Waals surface area contributed by atoms with Crippen LogP contribution in [0, 0.1) is 6.92 Å². The lowest BCUT2D eigenvalue weighted by atomic mass is 10.0. The van der Waals surface area contributed by atoms with Crippen molar-refractivity contribution in [2.24, 2.45) is 0 Å². The molecule has 22 heavy (non-hydrogen) atoms. The smallest absolute Gasteiger partial charge is 0.171 e. The topological polar surface area (TPSA) is 33.3 Å². The highest BCUT2D eigenvalue weighted by atomic mass is 32.1. The third-order valence-corrected chi connectivity index (χ3v) is 3.74. The van der Waals surface area contributed by atoms with Gasteiger partial charge in [0, 0.05) is 11.8 Å². The second-order valence-electron chi connectivity index (χ2n) is 5.20. The predicted octanol–water partition coefficient (Wildman–Crippen LogP) is 4.44. The molecule has 2 rings (SSSR count). The van der Waals surface area contributed by atoms with E-state index in [2.05, 4.69) is 48.7 Å². The average Bonchev–Trinajstić information content (AvgIpc) is 2.53. The highest BCUT2D eigenvalue weighted by Crippen LogP contribution is 2.19. The molecule has 2 N–H and O–H groups in total. The zero-order chi connectivity index (χ0) is 15.9. The number of ether oxygens (including phenoxy) is 1. The van der Waals surface area contributed by atoms with Crippen molar-refractivity contribution in [2.75, 3.05) is 12.4 Å². The second kappa shape index (κ2) is 7.80. The number of nitrogens with one attached hydrogen (secondary N) is 2. The van der Waals surface area contributed by atoms with E-state index in [0.29, 0.717) is 5.11 Å². The summed E-state index contributed by atoms with van der Waals surface area (Å²) in [6, 6.07) is 16.4. The summed E-state index contributed by atoms with van der Waals surface area (Å²) >= 11 is 5.42. The minimum absolute atomic E-state index is 0.200. The first kappa shape index (κ1) is 16.3. The molecule has 0 aromatic heterocycles. The van der Waals surface area contributed by atoms with E-state index in [1.165, 1.54) is 11.1 Å². The average molecular weight is 314 g/mol. The first-order valence-corrected chi connectivity index (χ1v) is 7.81. The molecular weight excluding hydrogens is 292 g/mol. The van der Waals surface area contributed by atoms with Crippen molar-refractivity contribution in [1.82, 2.24) is 5.32 Å². The van der Waals surface area contributed by atoms with Crippen molar-refractivity contribution in [1.29, 1.82) is 0 Å². The highest BCUT2D eigenvalue weighted by Gasteiger charge is 2.10. The van der Waals surface area contributed by atoms with Gasteiger partial charge in [-0.15, -0.1) is 0 Å². The largest absolute Gasteiger partial charge is 0.497 e. The van der Waals surface area contributed by atoms with E-state index in [1.807, 2.05) is 24.3 Å². The Bertz CT molecular complexity index is 625. The minimum atomic E-state index is 0.200. The lowest BCUT2D eigenvalue weighted by molar-refractivity contribution is 0.415. The van der Waals surface area contributed by atoms with Gasteiger partial charge < -0.3 is 15.4 Å². The third kappa shape index (κ3) is 4.46. The molecule has 2 aromatic carbocycles. The Kier molecular flexibility index (Phi) is 5.78. The molecule has 4 heteroatoms. The lowest BCUT2D eigenvalue weighted by Gasteiger charge is -2.20. The molecule has 0 radical (unpaired) electrons. The van der Waals surface area contributed by atoms with E-state index in [0.717, 1.165) is 17.9 Å². The molecule has 0 heterocycles. The van der Waals surface area contributed by atoms with Gasteiger partial charge in [-0.1, -0.05) is 42.8 Å². The number of methoxy groups -OCH3 is 1. The van der Waals surface area contributed by atoms with Crippen LogP contribution < -0.4 is 15.4 Å². The fourth-order valence-electron chi connectivity index (χ4n) is 2.25. The summed E-state index contributed by atoms with van der Waals surface area (Å²) in [6.07, 6.45) is 0.961. The van der Waals surface area contributed by atoms with Crippen molar-refractivity contribution in [3.05, 3.63) is 59.7 Å². The molecular formula is C18H22N2OS. The minimum Gasteiger partial charge on any atom is -0.497 e. The molecule has 0 amide bonds. The van der Waals surface area contributed by atoms with Gasteiger partial charge in [0.2, 0.25) is 0 Å². The number of aryl methyl sites for hydroxylation is 1. The van der Waals surface area contributed by atoms with Gasteiger partial charge in [-0.3, -0.25) is 0 Å². The van der Waals surface area contributed by atoms with Crippen LogP contribution in [0.5, 0.6) is 5.75 Å². The van der Waals surface area contributed by atoms with Crippen LogP contribution in [-0.2, 0) is 0 Å². The number of anilines is 1. The standard InChI is InChI=1S/C18H22N2OS/c1-4-17(14-10-8-13(2)9-11-14)20-18(22)19-15-6-5-7-16(12-15)21-3/h5-12,17H,4H2,1-3H3,(H2,19,20,22). The molecule has 0 bridgehead atoms. The van der Waals surface area contributed by atoms with Crippen molar-refractivity contribution < 1.29 is 4.74 Å². The number of hydrogen-bond donors (Lipinski definition) is 2. The van der Waals surface area contributed by atoms with Crippen LogP contribution >= 0.6 is 12.2 Å². The number of benzene rings is 2. The summed E-state index contributed by atoms with van der Waals surface area (Å²) in [6.45, 7) is 4.23. The molecule has 0 saturated heterocycles. The molecule has 1 unspecified atom stereocenters. The van der Waals surface area contributed by atoms with Gasteiger partial charge in [0.05, 0.1) is 13.2 Å². The third-order valence-electron chi connectivity index (χ3n) is 3.52. The van der Waals surface area contributed by atoms with E-state index < -0.39 is 0 Å². The normalized spacial score (nSPS) is 11.6. The van der Waals surface area contributed by atoms with Crippen LogP contribution in [-0.4, -0.2) is 12.2 Å². The predicted molar refractivity (Wildman–Crippen MR) is 96.6 cm³/mol. The van der Waals surface area contributed by atoms with E-state index in [4.69, 9.17) is 17.0 Å². The van der Waals surface area contributed by atoms with E-state index in [9.17, 15) is 0 Å². The maximum Gasteiger partial charge on any atom is 0.171 e. The molecule has 3 nitrogen and oxygen atoms in total. The van der Waals surface area contributed by atoms with E-state index in [-0.39, 0.29) is 6.04 Å². The Morgan fingerprint density at radius 1 is 1.18 bits per heavy atom. The zero-order valence-electron chi connectivity index (χ0n) is 13.2. The van der Waals surface area contributed by atoms with Gasteiger partial charge in [0.1, 0.15) is 5.75 Å². The molecule has 0 aliphatic rings. The molecule has 2 aromatic rings. The van der Waals surface area contributed by atoms with Crippen molar-refractivity contribution in [2.45, 2.75) is 26.3 Å². The van der Waals surface area contributed by atoms with Crippen LogP contribution in [0.1, 0.15) is 30.5 Å². The maximum atomic E-state index is 5.42. The number of thiocarbonyl (C=S) groups is 1. The van der Waals surface area contributed by atoms with Crippen LogP contribution in [0.25, 0.3) is 0 Å². The fourth-order valence-corrected chi connectivity index (χ4v) is 2.51. The van der Waals surface area contributed by atoms with Gasteiger partial charge in [-0.05, 0) is 43.3 Å². The fraction of sp³-hybridized carbons (Fsp3) is 0.278. The van der Waals surface area contributed by atoms with E-state index in [1.54, 1.807) is 7.11 Å². The van der Waals surface area contributed by atoms with Crippen LogP contribution in [0.3, 0.4) is 0 Å². The molecule has 0 aliphatic carbocycles. The zero-order valence-corrected chi connectivity index (χ0v) is 14.0. The molecule has 1 atom stereocenters. The molecule has 0 saturated carbocycles. The SMILES string of the molecule is CCC(NC(=S)Nc1cccc(OC)c1)c1ccc(C)cc1. The van der Waals surface area contributed by atoms with E-state index >= 15 is 0 Å². The van der Waals surface area contributed by atoms with Crippen molar-refractivity contribution in [3.63, 3.8) is 0 Å². The highest BCUT2D eigenvalue weighted by molar-refractivity contribution is 7.80. The monoisotopic (exact) mass is 314 g/mol. The quantitative estimate of drug-likeness (QED) is 0.799. The van der Waals surface area contributed by atoms with Gasteiger partial charge in [-0.25, -0.2) is 0 Å². The van der Waals surface area contributed by atoms with Gasteiger partial charge >= 0.3 is 0 Å². The summed E-state index contributed by atoms with van der Waals surface area (Å²) in [4.78, 5) is 0. The maximum absolute atomic E-state index is 5.42. The Balaban J connectivity index is 2.01. The summed E-state index contributed by atoms with van der Waals surface area (Å²) in [5.41, 5.74) is 3.41. The first-order valence-electron chi connectivity index (χ1n) is 7.40. The van der Waals surface area contributed by atoms with Crippen LogP contribution in [0.15, 0.2) is 48.5 Å². The summed E-state index contributed by atoms with van der Waals surface area (Å²) in [5.74, 6) is 0.804. The molecule has 0 fully saturated rings. The Morgan fingerprint density at radius 2 is 1.91 bits per heavy atom. The van der Waals surface area contributed by atoms with Crippen LogP contribution in [0.4, 0.5) is 5.69 Å². The molecule has 116 valence electrons. The Morgan fingerprint density at radius 3 is 2.55 bits per heavy atom. The first-order chi connectivity index (χ1) is 10.6. The van der Waals surface area contributed by atoms with Gasteiger partial charge in [0.15, 0.2) is 5.11 Å². The summed E-state index contributed by atoms with van der Waals surface area (Å²) in [5, 5.41) is 7.18. The van der Waals surface area contributed by atoms with Crippen molar-refractivity contribution in [3.8, 4) is 5.75 Å². The number of rotatable bonds is 5. The summed E-state index contributed by atoms with van der Waals surface area (Å²) < 4.78 is 5.22. The van der Waals surface area contributed by atoms with Gasteiger partial charge in [0.25, 0.3) is 0 Å².